The van der Waals surface area contributed by atoms with Crippen molar-refractivity contribution in [2.24, 2.45) is 0 Å². The van der Waals surface area contributed by atoms with Crippen molar-refractivity contribution in [1.82, 2.24) is 4.98 Å². The molecule has 0 saturated heterocycles. The lowest BCUT2D eigenvalue weighted by molar-refractivity contribution is 0.0355. The van der Waals surface area contributed by atoms with E-state index in [1.54, 1.807) is 46.0 Å². The molecule has 0 aliphatic heterocycles. The van der Waals surface area contributed by atoms with E-state index in [4.69, 9.17) is 0 Å². The first-order chi connectivity index (χ1) is 18.5. The lowest BCUT2D eigenvalue weighted by atomic mass is 9.78. The summed E-state index contributed by atoms with van der Waals surface area (Å²) < 4.78 is 48.3. The smallest absolute Gasteiger partial charge is 0.175 e. The molecule has 0 amide bonds. The van der Waals surface area contributed by atoms with Crippen LogP contribution in [0.5, 0.6) is 0 Å². The number of rotatable bonds is 7. The summed E-state index contributed by atoms with van der Waals surface area (Å²) in [5.41, 5.74) is 3.54. The van der Waals surface area contributed by atoms with E-state index in [9.17, 15) is 21.9 Å². The molecule has 210 valence electrons. The van der Waals surface area contributed by atoms with E-state index in [0.29, 0.717) is 12.0 Å². The Hall–Kier alpha value is -3.07. The van der Waals surface area contributed by atoms with Gasteiger partial charge in [0, 0.05) is 35.1 Å². The molecule has 1 N–H and O–H groups in total. The van der Waals surface area contributed by atoms with Crippen molar-refractivity contribution in [3.05, 3.63) is 95.7 Å². The van der Waals surface area contributed by atoms with Gasteiger partial charge in [0.15, 0.2) is 19.7 Å². The lowest BCUT2D eigenvalue weighted by Crippen LogP contribution is -2.37. The van der Waals surface area contributed by atoms with Crippen molar-refractivity contribution < 1.29 is 21.9 Å². The molecule has 3 aromatic carbocycles. The van der Waals surface area contributed by atoms with Crippen LogP contribution >= 0.6 is 0 Å². The van der Waals surface area contributed by atoms with Crippen LogP contribution in [0.15, 0.2) is 83.9 Å². The zero-order chi connectivity index (χ0) is 29.3. The summed E-state index contributed by atoms with van der Waals surface area (Å²) >= 11 is 0. The maximum Gasteiger partial charge on any atom is 0.175 e. The molecule has 2 unspecified atom stereocenters. The summed E-state index contributed by atoms with van der Waals surface area (Å²) in [6.07, 6.45) is 4.88. The molecule has 0 bridgehead atoms. The van der Waals surface area contributed by atoms with Gasteiger partial charge >= 0.3 is 0 Å². The van der Waals surface area contributed by atoms with Crippen molar-refractivity contribution >= 4 is 30.6 Å². The van der Waals surface area contributed by atoms with Crippen molar-refractivity contribution in [1.29, 1.82) is 0 Å². The summed E-state index contributed by atoms with van der Waals surface area (Å²) in [4.78, 5) is 4.89. The number of fused-ring (bicyclic) bond motifs is 1. The van der Waals surface area contributed by atoms with E-state index in [1.165, 1.54) is 12.5 Å². The fraction of sp³-hybridized carbons (Fsp3) is 0.344. The number of sulfone groups is 2. The number of pyridine rings is 1. The van der Waals surface area contributed by atoms with Crippen LogP contribution in [0.2, 0.25) is 0 Å². The van der Waals surface area contributed by atoms with Gasteiger partial charge in [0.05, 0.1) is 20.8 Å². The van der Waals surface area contributed by atoms with Gasteiger partial charge in [0.1, 0.15) is 0 Å². The largest absolute Gasteiger partial charge is 0.390 e. The van der Waals surface area contributed by atoms with E-state index < -0.39 is 35.4 Å². The zero-order valence-corrected chi connectivity index (χ0v) is 25.3. The second kappa shape index (κ2) is 9.23. The van der Waals surface area contributed by atoms with Gasteiger partial charge in [-0.25, -0.2) is 16.8 Å². The highest BCUT2D eigenvalue weighted by atomic mass is 32.2. The number of benzene rings is 3. The fourth-order valence-corrected chi connectivity index (χ4v) is 7.09. The molecule has 1 aliphatic carbocycles. The Balaban J connectivity index is 1.62. The third-order valence-corrected chi connectivity index (χ3v) is 12.0. The van der Waals surface area contributed by atoms with E-state index in [-0.39, 0.29) is 10.8 Å². The molecule has 5 rings (SSSR count). The van der Waals surface area contributed by atoms with Gasteiger partial charge in [-0.2, -0.15) is 0 Å². The topological polar surface area (TPSA) is 101 Å². The first-order valence-corrected chi connectivity index (χ1v) is 17.0. The highest BCUT2D eigenvalue weighted by Crippen LogP contribution is 2.66. The van der Waals surface area contributed by atoms with Crippen LogP contribution in [0, 0.1) is 0 Å². The minimum atomic E-state index is -3.40. The first-order valence-electron chi connectivity index (χ1n) is 13.2. The maximum absolute atomic E-state index is 12.7. The minimum Gasteiger partial charge on any atom is -0.390 e. The van der Waals surface area contributed by atoms with Crippen LogP contribution in [0.25, 0.3) is 22.0 Å². The summed E-state index contributed by atoms with van der Waals surface area (Å²) in [6.45, 7) is 7.04. The average Bonchev–Trinajstić information content (AvgIpc) is 3.65. The summed E-state index contributed by atoms with van der Waals surface area (Å²) in [5.74, 6) is 0.00593. The van der Waals surface area contributed by atoms with Gasteiger partial charge in [-0.1, -0.05) is 42.5 Å². The SMILES string of the molecule is CC(C)(O)C1(c2ccc(S(C)(=O)=O)cc2)CC1c1cccc(-c2cc(C(C)(C)S(C)(=O)=O)cc3cccnc23)c1. The monoisotopic (exact) mass is 577 g/mol. The lowest BCUT2D eigenvalue weighted by Gasteiger charge is -2.32. The Morgan fingerprint density at radius 2 is 1.55 bits per heavy atom. The molecule has 6 nitrogen and oxygen atoms in total. The number of hydrogen-bond donors (Lipinski definition) is 1. The van der Waals surface area contributed by atoms with E-state index in [0.717, 1.165) is 33.2 Å². The average molecular weight is 578 g/mol. The van der Waals surface area contributed by atoms with Gasteiger partial charge in [-0.3, -0.25) is 4.98 Å². The van der Waals surface area contributed by atoms with Gasteiger partial charge in [-0.15, -0.1) is 0 Å². The number of aliphatic hydroxyl groups is 1. The molecule has 40 heavy (non-hydrogen) atoms. The molecule has 1 aliphatic rings. The third-order valence-electron chi connectivity index (χ3n) is 8.78. The quantitative estimate of drug-likeness (QED) is 0.299. The molecule has 0 radical (unpaired) electrons. The van der Waals surface area contributed by atoms with Gasteiger partial charge in [0.2, 0.25) is 0 Å². The first kappa shape index (κ1) is 28.5. The molecule has 1 fully saturated rings. The second-order valence-corrected chi connectivity index (χ2v) is 16.7. The molecule has 0 spiro atoms. The minimum absolute atomic E-state index is 0.00593. The van der Waals surface area contributed by atoms with E-state index >= 15 is 0 Å². The van der Waals surface area contributed by atoms with Crippen LogP contribution in [-0.4, -0.2) is 45.0 Å². The molecule has 8 heteroatoms. The second-order valence-electron chi connectivity index (χ2n) is 12.1. The Morgan fingerprint density at radius 3 is 2.15 bits per heavy atom. The molecule has 1 aromatic heterocycles. The Labute approximate surface area is 237 Å². The number of aromatic nitrogens is 1. The summed E-state index contributed by atoms with van der Waals surface area (Å²) in [5, 5.41) is 12.2. The van der Waals surface area contributed by atoms with Crippen LogP contribution in [0.4, 0.5) is 0 Å². The van der Waals surface area contributed by atoms with Crippen LogP contribution in [0.3, 0.4) is 0 Å². The summed E-state index contributed by atoms with van der Waals surface area (Å²) in [7, 11) is -6.72. The zero-order valence-electron chi connectivity index (χ0n) is 23.6. The fourth-order valence-electron chi connectivity index (χ4n) is 5.91. The van der Waals surface area contributed by atoms with Crippen molar-refractivity contribution in [3.63, 3.8) is 0 Å². The van der Waals surface area contributed by atoms with Crippen molar-refractivity contribution in [2.45, 2.75) is 60.7 Å². The highest BCUT2D eigenvalue weighted by molar-refractivity contribution is 7.91. The Morgan fingerprint density at radius 1 is 0.875 bits per heavy atom. The molecular weight excluding hydrogens is 542 g/mol. The van der Waals surface area contributed by atoms with Gasteiger partial charge in [0.25, 0.3) is 0 Å². The normalized spacial score (nSPS) is 20.0. The van der Waals surface area contributed by atoms with Crippen LogP contribution in [0.1, 0.15) is 56.7 Å². The summed E-state index contributed by atoms with van der Waals surface area (Å²) in [6, 6.07) is 22.6. The Kier molecular flexibility index (Phi) is 6.56. The highest BCUT2D eigenvalue weighted by Gasteiger charge is 2.63. The van der Waals surface area contributed by atoms with E-state index in [2.05, 4.69) is 11.1 Å². The number of nitrogens with zero attached hydrogens (tertiary/aromatic N) is 1. The third kappa shape index (κ3) is 4.66. The van der Waals surface area contributed by atoms with Gasteiger partial charge in [-0.05, 0) is 92.6 Å². The van der Waals surface area contributed by atoms with Gasteiger partial charge < -0.3 is 5.11 Å². The molecular formula is C32H35NO5S2. The predicted octanol–water partition coefficient (Wildman–Crippen LogP) is 5.78. The predicted molar refractivity (Wildman–Crippen MR) is 160 cm³/mol. The molecule has 1 heterocycles. The number of hydrogen-bond acceptors (Lipinski definition) is 6. The standard InChI is InChI=1S/C32H35NO5S2/c1-30(2,40(6,37)38)25-18-23-11-8-16-33-29(23)27(19-25)21-9-7-10-22(17-21)28-20-32(28,31(3,4)34)24-12-14-26(15-13-24)39(5,35)36/h7-19,28,34H,20H2,1-6H3. The molecule has 1 saturated carbocycles. The van der Waals surface area contributed by atoms with Crippen molar-refractivity contribution in [3.8, 4) is 11.1 Å². The molecule has 4 aromatic rings. The van der Waals surface area contributed by atoms with Crippen LogP contribution in [-0.2, 0) is 29.8 Å². The Bertz CT molecular complexity index is 1840. The molecule has 2 atom stereocenters. The van der Waals surface area contributed by atoms with E-state index in [1.807, 2.05) is 54.6 Å². The van der Waals surface area contributed by atoms with Crippen molar-refractivity contribution in [2.75, 3.05) is 12.5 Å². The van der Waals surface area contributed by atoms with Crippen LogP contribution < -0.4 is 0 Å². The maximum atomic E-state index is 12.7.